The molecule has 0 bridgehead atoms. The van der Waals surface area contributed by atoms with Gasteiger partial charge in [-0.25, -0.2) is 0 Å². The molecule has 14 nitrogen and oxygen atoms in total. The van der Waals surface area contributed by atoms with Crippen LogP contribution in [-0.4, -0.2) is 124 Å². The molecule has 32 heavy (non-hydrogen) atoms. The van der Waals surface area contributed by atoms with Gasteiger partial charge in [-0.05, 0) is 12.8 Å². The zero-order chi connectivity index (χ0) is 23.7. The van der Waals surface area contributed by atoms with E-state index in [9.17, 15) is 25.5 Å². The van der Waals surface area contributed by atoms with Crippen molar-refractivity contribution in [3.05, 3.63) is 0 Å². The maximum atomic E-state index is 11.0. The fraction of sp³-hybridized carbons (Fsp3) is 1.00. The SMILES string of the molecule is NCC1O[C@H](O[C@@H]2C(N)C[C@@H](N)C(OC3O[C@H](CO)C(O)[C@@H](N)[C@H]3O)[C@H]2O)C(N)C[C@@H]1O. The van der Waals surface area contributed by atoms with E-state index in [1.807, 2.05) is 0 Å². The maximum Gasteiger partial charge on any atom is 0.186 e. The topological polar surface area (TPSA) is 268 Å². The van der Waals surface area contributed by atoms with Gasteiger partial charge in [0.2, 0.25) is 0 Å². The molecular weight excluding hydrogens is 430 g/mol. The lowest BCUT2D eigenvalue weighted by atomic mass is 9.84. The Labute approximate surface area is 185 Å². The van der Waals surface area contributed by atoms with E-state index in [1.54, 1.807) is 0 Å². The Bertz CT molecular complexity index is 607. The van der Waals surface area contributed by atoms with Crippen LogP contribution in [-0.2, 0) is 18.9 Å². The van der Waals surface area contributed by atoms with Crippen molar-refractivity contribution in [1.82, 2.24) is 0 Å². The third-order valence-corrected chi connectivity index (χ3v) is 6.41. The maximum absolute atomic E-state index is 11.0. The van der Waals surface area contributed by atoms with Crippen LogP contribution in [0.3, 0.4) is 0 Å². The summed E-state index contributed by atoms with van der Waals surface area (Å²) in [4.78, 5) is 0. The van der Waals surface area contributed by atoms with Crippen molar-refractivity contribution in [2.45, 2.75) is 98.4 Å². The second kappa shape index (κ2) is 10.8. The molecule has 3 fully saturated rings. The van der Waals surface area contributed by atoms with Crippen molar-refractivity contribution >= 4 is 0 Å². The second-order valence-electron chi connectivity index (χ2n) is 8.78. The number of aliphatic hydroxyl groups excluding tert-OH is 5. The molecule has 3 aliphatic rings. The lowest BCUT2D eigenvalue weighted by Gasteiger charge is -2.47. The number of aliphatic hydroxyl groups is 5. The minimum atomic E-state index is -1.44. The molecular formula is C18H37N5O9. The van der Waals surface area contributed by atoms with Crippen molar-refractivity contribution in [3.8, 4) is 0 Å². The van der Waals surface area contributed by atoms with Crippen LogP contribution in [0, 0.1) is 0 Å². The van der Waals surface area contributed by atoms with Crippen LogP contribution in [0.5, 0.6) is 0 Å². The predicted octanol–water partition coefficient (Wildman–Crippen LogP) is -6.30. The summed E-state index contributed by atoms with van der Waals surface area (Å²) in [6, 6.07) is -3.27. The van der Waals surface area contributed by atoms with Gasteiger partial charge in [0, 0.05) is 18.6 Å². The first-order valence-electron chi connectivity index (χ1n) is 10.8. The molecule has 1 aliphatic carbocycles. The number of nitrogens with two attached hydrogens (primary N) is 5. The third-order valence-electron chi connectivity index (χ3n) is 6.41. The lowest BCUT2D eigenvalue weighted by Crippen LogP contribution is -2.68. The molecule has 0 aromatic carbocycles. The van der Waals surface area contributed by atoms with Gasteiger partial charge in [-0.2, -0.15) is 0 Å². The Kier molecular flexibility index (Phi) is 8.79. The molecule has 15 N–H and O–H groups in total. The van der Waals surface area contributed by atoms with Crippen LogP contribution in [0.15, 0.2) is 0 Å². The zero-order valence-corrected chi connectivity index (χ0v) is 17.7. The minimum absolute atomic E-state index is 0.0542. The molecule has 0 aromatic rings. The minimum Gasteiger partial charge on any atom is -0.394 e. The summed E-state index contributed by atoms with van der Waals surface area (Å²) >= 11 is 0. The molecule has 0 aromatic heterocycles. The van der Waals surface area contributed by atoms with Crippen LogP contribution >= 0.6 is 0 Å². The van der Waals surface area contributed by atoms with E-state index in [-0.39, 0.29) is 19.4 Å². The number of rotatable bonds is 6. The lowest BCUT2D eigenvalue weighted by molar-refractivity contribution is -0.314. The van der Waals surface area contributed by atoms with Crippen molar-refractivity contribution in [1.29, 1.82) is 0 Å². The zero-order valence-electron chi connectivity index (χ0n) is 17.7. The van der Waals surface area contributed by atoms with E-state index in [1.165, 1.54) is 0 Å². The van der Waals surface area contributed by atoms with Crippen LogP contribution in [0.2, 0.25) is 0 Å². The smallest absolute Gasteiger partial charge is 0.186 e. The average Bonchev–Trinajstić information content (AvgIpc) is 2.75. The van der Waals surface area contributed by atoms with E-state index in [0.717, 1.165) is 0 Å². The van der Waals surface area contributed by atoms with Crippen LogP contribution in [0.1, 0.15) is 12.8 Å². The molecule has 0 radical (unpaired) electrons. The first-order chi connectivity index (χ1) is 15.1. The summed E-state index contributed by atoms with van der Waals surface area (Å²) in [5.74, 6) is 0. The van der Waals surface area contributed by atoms with Crippen LogP contribution < -0.4 is 28.7 Å². The van der Waals surface area contributed by atoms with Gasteiger partial charge in [0.05, 0.1) is 30.9 Å². The summed E-state index contributed by atoms with van der Waals surface area (Å²) < 4.78 is 22.7. The Hall–Kier alpha value is -0.560. The molecule has 2 heterocycles. The van der Waals surface area contributed by atoms with Crippen molar-refractivity contribution in [2.24, 2.45) is 28.7 Å². The van der Waals surface area contributed by atoms with E-state index in [2.05, 4.69) is 0 Å². The van der Waals surface area contributed by atoms with Crippen molar-refractivity contribution < 1.29 is 44.5 Å². The molecule has 2 aliphatic heterocycles. The predicted molar refractivity (Wildman–Crippen MR) is 108 cm³/mol. The standard InChI is InChI=1S/C18H37N5O9/c19-3-9-8(25)2-7(22)17(29-9)31-15-5(20)1-6(21)16(14(15)28)32-18-13(27)11(23)12(26)10(4-24)30-18/h5-18,24-28H,1-4,19-23H2/t5?,6-,7?,8+,9?,10-,11-,12?,13-,14+,15-,16?,17-,18?/m1/s1. The molecule has 6 unspecified atom stereocenters. The van der Waals surface area contributed by atoms with Gasteiger partial charge < -0.3 is 73.1 Å². The third kappa shape index (κ3) is 5.24. The number of ether oxygens (including phenoxy) is 4. The Balaban J connectivity index is 1.70. The molecule has 14 heteroatoms. The quantitative estimate of drug-likeness (QED) is 0.174. The molecule has 188 valence electrons. The highest BCUT2D eigenvalue weighted by atomic mass is 16.7. The van der Waals surface area contributed by atoms with Crippen molar-refractivity contribution in [2.75, 3.05) is 13.2 Å². The van der Waals surface area contributed by atoms with Gasteiger partial charge in [-0.15, -0.1) is 0 Å². The van der Waals surface area contributed by atoms with Crippen LogP contribution in [0.4, 0.5) is 0 Å². The fourth-order valence-electron chi connectivity index (χ4n) is 4.43. The van der Waals surface area contributed by atoms with Gasteiger partial charge in [0.1, 0.15) is 36.6 Å². The monoisotopic (exact) mass is 467 g/mol. The summed E-state index contributed by atoms with van der Waals surface area (Å²) in [5, 5.41) is 50.7. The Morgan fingerprint density at radius 1 is 0.719 bits per heavy atom. The van der Waals surface area contributed by atoms with E-state index >= 15 is 0 Å². The number of hydrogen-bond donors (Lipinski definition) is 10. The summed E-state index contributed by atoms with van der Waals surface area (Å²) in [7, 11) is 0. The highest BCUT2D eigenvalue weighted by Gasteiger charge is 2.50. The molecule has 0 amide bonds. The normalized spacial score (nSPS) is 52.7. The van der Waals surface area contributed by atoms with E-state index in [4.69, 9.17) is 47.6 Å². The summed E-state index contributed by atoms with van der Waals surface area (Å²) in [6.45, 7) is -0.499. The molecule has 0 spiro atoms. The molecule has 14 atom stereocenters. The first kappa shape index (κ1) is 26.1. The largest absolute Gasteiger partial charge is 0.394 e. The highest BCUT2D eigenvalue weighted by molar-refractivity contribution is 5.01. The Morgan fingerprint density at radius 3 is 1.84 bits per heavy atom. The van der Waals surface area contributed by atoms with E-state index < -0.39 is 92.2 Å². The molecule has 1 saturated carbocycles. The van der Waals surface area contributed by atoms with Gasteiger partial charge >= 0.3 is 0 Å². The molecule has 2 saturated heterocycles. The average molecular weight is 468 g/mol. The van der Waals surface area contributed by atoms with Crippen LogP contribution in [0.25, 0.3) is 0 Å². The van der Waals surface area contributed by atoms with Gasteiger partial charge in [-0.1, -0.05) is 0 Å². The molecule has 3 rings (SSSR count). The van der Waals surface area contributed by atoms with Gasteiger partial charge in [0.25, 0.3) is 0 Å². The Morgan fingerprint density at radius 2 is 1.28 bits per heavy atom. The summed E-state index contributed by atoms with van der Waals surface area (Å²) in [5.41, 5.74) is 29.8. The van der Waals surface area contributed by atoms with Gasteiger partial charge in [0.15, 0.2) is 12.6 Å². The second-order valence-corrected chi connectivity index (χ2v) is 8.78. The fourth-order valence-corrected chi connectivity index (χ4v) is 4.43. The van der Waals surface area contributed by atoms with E-state index in [0.29, 0.717) is 0 Å². The number of hydrogen-bond acceptors (Lipinski definition) is 14. The first-order valence-corrected chi connectivity index (χ1v) is 10.8. The highest BCUT2D eigenvalue weighted by Crippen LogP contribution is 2.30. The summed E-state index contributed by atoms with van der Waals surface area (Å²) in [6.07, 6.45) is -10.8. The van der Waals surface area contributed by atoms with Gasteiger partial charge in [-0.3, -0.25) is 0 Å². The van der Waals surface area contributed by atoms with Crippen molar-refractivity contribution in [3.63, 3.8) is 0 Å².